The molecule has 21 heavy (non-hydrogen) atoms. The van der Waals surface area contributed by atoms with E-state index >= 15 is 0 Å². The fourth-order valence-electron chi connectivity index (χ4n) is 2.17. The predicted molar refractivity (Wildman–Crippen MR) is 78.2 cm³/mol. The molecule has 0 unspecified atom stereocenters. The van der Waals surface area contributed by atoms with Crippen LogP contribution in [0.4, 0.5) is 0 Å². The van der Waals surface area contributed by atoms with Crippen LogP contribution in [-0.4, -0.2) is 22.7 Å². The van der Waals surface area contributed by atoms with Crippen molar-refractivity contribution in [3.8, 4) is 5.75 Å². The van der Waals surface area contributed by atoms with Crippen molar-refractivity contribution in [1.82, 2.24) is 10.5 Å². The maximum atomic E-state index is 12.1. The minimum absolute atomic E-state index is 0.235. The third-order valence-corrected chi connectivity index (χ3v) is 3.26. The maximum absolute atomic E-state index is 12.1. The Morgan fingerprint density at radius 1 is 1.14 bits per heavy atom. The number of carbonyl (C=O) groups is 1. The van der Waals surface area contributed by atoms with Gasteiger partial charge >= 0.3 is 0 Å². The maximum Gasteiger partial charge on any atom is 0.274 e. The highest BCUT2D eigenvalue weighted by Gasteiger charge is 2.15. The zero-order valence-corrected chi connectivity index (χ0v) is 11.2. The SMILES string of the molecule is O=C(NCCc1ccccc1O)c1noc2ccccc12. The third kappa shape index (κ3) is 2.72. The number of phenolic OH excluding ortho intramolecular Hbond substituents is 1. The van der Waals surface area contributed by atoms with E-state index in [2.05, 4.69) is 10.5 Å². The number of para-hydroxylation sites is 2. The van der Waals surface area contributed by atoms with Gasteiger partial charge in [0.15, 0.2) is 11.3 Å². The highest BCUT2D eigenvalue weighted by molar-refractivity contribution is 6.03. The van der Waals surface area contributed by atoms with E-state index in [4.69, 9.17) is 4.52 Å². The molecule has 0 spiro atoms. The lowest BCUT2D eigenvalue weighted by atomic mass is 10.1. The highest BCUT2D eigenvalue weighted by atomic mass is 16.5. The molecule has 0 aliphatic rings. The molecule has 0 aliphatic carbocycles. The molecule has 2 N–H and O–H groups in total. The van der Waals surface area contributed by atoms with Gasteiger partial charge in [0.05, 0.1) is 5.39 Å². The number of aromatic nitrogens is 1. The van der Waals surface area contributed by atoms with E-state index in [1.807, 2.05) is 24.3 Å². The summed E-state index contributed by atoms with van der Waals surface area (Å²) in [6.07, 6.45) is 0.550. The summed E-state index contributed by atoms with van der Waals surface area (Å²) in [5.74, 6) is -0.0472. The van der Waals surface area contributed by atoms with Gasteiger partial charge in [-0.1, -0.05) is 35.5 Å². The Balaban J connectivity index is 1.66. The van der Waals surface area contributed by atoms with Gasteiger partial charge in [-0.2, -0.15) is 0 Å². The number of rotatable bonds is 4. The zero-order valence-electron chi connectivity index (χ0n) is 11.2. The monoisotopic (exact) mass is 282 g/mol. The average molecular weight is 282 g/mol. The molecule has 0 atom stereocenters. The van der Waals surface area contributed by atoms with E-state index < -0.39 is 0 Å². The van der Waals surface area contributed by atoms with E-state index in [-0.39, 0.29) is 17.4 Å². The van der Waals surface area contributed by atoms with Crippen molar-refractivity contribution in [2.45, 2.75) is 6.42 Å². The van der Waals surface area contributed by atoms with Crippen molar-refractivity contribution in [3.05, 3.63) is 59.8 Å². The Bertz CT molecular complexity index is 780. The quantitative estimate of drug-likeness (QED) is 0.771. The summed E-state index contributed by atoms with van der Waals surface area (Å²) in [5, 5.41) is 16.9. The van der Waals surface area contributed by atoms with Crippen LogP contribution in [0, 0.1) is 0 Å². The molecule has 0 fully saturated rings. The number of nitrogens with zero attached hydrogens (tertiary/aromatic N) is 1. The second-order valence-electron chi connectivity index (χ2n) is 4.66. The second kappa shape index (κ2) is 5.66. The number of fused-ring (bicyclic) bond motifs is 1. The zero-order chi connectivity index (χ0) is 14.7. The Labute approximate surface area is 121 Å². The fourth-order valence-corrected chi connectivity index (χ4v) is 2.17. The molecule has 0 radical (unpaired) electrons. The number of amides is 1. The van der Waals surface area contributed by atoms with E-state index in [1.165, 1.54) is 0 Å². The standard InChI is InChI=1S/C16H14N2O3/c19-13-7-3-1-5-11(13)9-10-17-16(20)15-12-6-2-4-8-14(12)21-18-15/h1-8,19H,9-10H2,(H,17,20). The van der Waals surface area contributed by atoms with Crippen LogP contribution in [0.15, 0.2) is 53.1 Å². The smallest absolute Gasteiger partial charge is 0.274 e. The van der Waals surface area contributed by atoms with Crippen molar-refractivity contribution in [2.75, 3.05) is 6.54 Å². The Morgan fingerprint density at radius 3 is 2.76 bits per heavy atom. The first-order valence-corrected chi connectivity index (χ1v) is 6.65. The fraction of sp³-hybridized carbons (Fsp3) is 0.125. The van der Waals surface area contributed by atoms with E-state index in [0.29, 0.717) is 23.9 Å². The highest BCUT2D eigenvalue weighted by Crippen LogP contribution is 2.18. The normalized spacial score (nSPS) is 10.7. The molecule has 3 rings (SSSR count). The van der Waals surface area contributed by atoms with Crippen LogP contribution in [0.3, 0.4) is 0 Å². The minimum Gasteiger partial charge on any atom is -0.508 e. The van der Waals surface area contributed by atoms with Crippen LogP contribution in [0.5, 0.6) is 5.75 Å². The molecule has 106 valence electrons. The number of nitrogens with one attached hydrogen (secondary N) is 1. The minimum atomic E-state index is -0.282. The Kier molecular flexibility index (Phi) is 3.55. The molecule has 1 amide bonds. The first-order valence-electron chi connectivity index (χ1n) is 6.65. The van der Waals surface area contributed by atoms with Crippen LogP contribution in [0.25, 0.3) is 11.0 Å². The van der Waals surface area contributed by atoms with Gasteiger partial charge in [0, 0.05) is 6.54 Å². The van der Waals surface area contributed by atoms with Gasteiger partial charge in [-0.15, -0.1) is 0 Å². The van der Waals surface area contributed by atoms with E-state index in [1.54, 1.807) is 24.3 Å². The lowest BCUT2D eigenvalue weighted by Gasteiger charge is -2.05. The molecule has 5 heteroatoms. The first kappa shape index (κ1) is 13.2. The predicted octanol–water partition coefficient (Wildman–Crippen LogP) is 2.51. The van der Waals surface area contributed by atoms with Gasteiger partial charge in [-0.25, -0.2) is 0 Å². The molecule has 0 saturated carbocycles. The van der Waals surface area contributed by atoms with Crippen LogP contribution < -0.4 is 5.32 Å². The van der Waals surface area contributed by atoms with Crippen LogP contribution >= 0.6 is 0 Å². The molecular formula is C16H14N2O3. The largest absolute Gasteiger partial charge is 0.508 e. The number of benzene rings is 2. The van der Waals surface area contributed by atoms with Crippen molar-refractivity contribution in [3.63, 3.8) is 0 Å². The van der Waals surface area contributed by atoms with Crippen LogP contribution in [0.2, 0.25) is 0 Å². The molecule has 5 nitrogen and oxygen atoms in total. The van der Waals surface area contributed by atoms with Gasteiger partial charge in [0.25, 0.3) is 5.91 Å². The summed E-state index contributed by atoms with van der Waals surface area (Å²) < 4.78 is 5.10. The van der Waals surface area contributed by atoms with E-state index in [0.717, 1.165) is 5.56 Å². The molecular weight excluding hydrogens is 268 g/mol. The van der Waals surface area contributed by atoms with Gasteiger partial charge in [0.2, 0.25) is 0 Å². The summed E-state index contributed by atoms with van der Waals surface area (Å²) in [6, 6.07) is 14.3. The topological polar surface area (TPSA) is 75.4 Å². The van der Waals surface area contributed by atoms with Crippen molar-refractivity contribution in [2.24, 2.45) is 0 Å². The van der Waals surface area contributed by atoms with Crippen molar-refractivity contribution < 1.29 is 14.4 Å². The number of hydrogen-bond donors (Lipinski definition) is 2. The molecule has 1 aromatic heterocycles. The van der Waals surface area contributed by atoms with Gasteiger partial charge in [-0.3, -0.25) is 4.79 Å². The molecule has 1 heterocycles. The molecule has 2 aromatic carbocycles. The average Bonchev–Trinajstić information content (AvgIpc) is 2.93. The lowest BCUT2D eigenvalue weighted by molar-refractivity contribution is 0.0946. The lowest BCUT2D eigenvalue weighted by Crippen LogP contribution is -2.26. The molecule has 0 bridgehead atoms. The third-order valence-electron chi connectivity index (χ3n) is 3.26. The Hall–Kier alpha value is -2.82. The van der Waals surface area contributed by atoms with Gasteiger partial charge < -0.3 is 14.9 Å². The summed E-state index contributed by atoms with van der Waals surface area (Å²) >= 11 is 0. The van der Waals surface area contributed by atoms with Gasteiger partial charge in [0.1, 0.15) is 5.75 Å². The van der Waals surface area contributed by atoms with Crippen LogP contribution in [-0.2, 0) is 6.42 Å². The summed E-state index contributed by atoms with van der Waals surface area (Å²) in [5.41, 5.74) is 1.66. The van der Waals surface area contributed by atoms with Gasteiger partial charge in [-0.05, 0) is 30.2 Å². The van der Waals surface area contributed by atoms with Crippen molar-refractivity contribution >= 4 is 16.9 Å². The van der Waals surface area contributed by atoms with Crippen LogP contribution in [0.1, 0.15) is 16.1 Å². The summed E-state index contributed by atoms with van der Waals surface area (Å²) in [6.45, 7) is 0.414. The number of aromatic hydroxyl groups is 1. The number of carbonyl (C=O) groups excluding carboxylic acids is 1. The molecule has 3 aromatic rings. The molecule has 0 aliphatic heterocycles. The Morgan fingerprint density at radius 2 is 1.90 bits per heavy atom. The summed E-state index contributed by atoms with van der Waals surface area (Å²) in [4.78, 5) is 12.1. The first-order chi connectivity index (χ1) is 10.3. The van der Waals surface area contributed by atoms with E-state index in [9.17, 15) is 9.90 Å². The molecule has 0 saturated heterocycles. The number of hydrogen-bond acceptors (Lipinski definition) is 4. The summed E-state index contributed by atoms with van der Waals surface area (Å²) in [7, 11) is 0. The van der Waals surface area contributed by atoms with Crippen molar-refractivity contribution in [1.29, 1.82) is 0 Å². The second-order valence-corrected chi connectivity index (χ2v) is 4.66. The number of phenols is 1.